The van der Waals surface area contributed by atoms with Crippen LogP contribution in [0.2, 0.25) is 0 Å². The van der Waals surface area contributed by atoms with Gasteiger partial charge in [-0.3, -0.25) is 28.5 Å². The second-order valence-electron chi connectivity index (χ2n) is 8.47. The first-order valence-corrected chi connectivity index (χ1v) is 11.5. The van der Waals surface area contributed by atoms with Crippen molar-refractivity contribution in [1.29, 1.82) is 0 Å². The highest BCUT2D eigenvalue weighted by molar-refractivity contribution is 6.01. The van der Waals surface area contributed by atoms with Crippen LogP contribution in [0.3, 0.4) is 0 Å². The number of aromatic nitrogens is 2. The summed E-state index contributed by atoms with van der Waals surface area (Å²) >= 11 is 0. The fourth-order valence-electron chi connectivity index (χ4n) is 4.35. The van der Waals surface area contributed by atoms with Gasteiger partial charge in [0.05, 0.1) is 25.9 Å². The van der Waals surface area contributed by atoms with Crippen LogP contribution in [0, 0.1) is 5.92 Å². The Bertz CT molecular complexity index is 1300. The van der Waals surface area contributed by atoms with Crippen LogP contribution in [0.25, 0.3) is 0 Å². The maximum absolute atomic E-state index is 13.6. The molecule has 1 aliphatic rings. The van der Waals surface area contributed by atoms with Gasteiger partial charge in [0.25, 0.3) is 11.5 Å². The smallest absolute Gasteiger partial charge is 0.340 e. The zero-order valence-corrected chi connectivity index (χ0v) is 21.0. The van der Waals surface area contributed by atoms with Crippen molar-refractivity contribution in [1.82, 2.24) is 9.13 Å². The minimum Gasteiger partial charge on any atom is -0.468 e. The van der Waals surface area contributed by atoms with E-state index in [0.29, 0.717) is 11.0 Å². The van der Waals surface area contributed by atoms with Crippen molar-refractivity contribution in [3.05, 3.63) is 68.5 Å². The van der Waals surface area contributed by atoms with Gasteiger partial charge in [0, 0.05) is 24.6 Å². The predicted octanol–water partition coefficient (Wildman–Crippen LogP) is 1.00. The minimum atomic E-state index is -1.91. The SMILES string of the molecule is CC[C@H]1O[C@@H](n2cc(C(C(=O)OC)C(=O)OC)c(=O)n(C(=O)c3ccccc3)c2=O)[C@@H](OC(C)=O)C1C. The van der Waals surface area contributed by atoms with Crippen molar-refractivity contribution in [2.24, 2.45) is 5.92 Å². The van der Waals surface area contributed by atoms with Gasteiger partial charge >= 0.3 is 23.6 Å². The lowest BCUT2D eigenvalue weighted by Gasteiger charge is -2.24. The number of hydrogen-bond donors (Lipinski definition) is 0. The van der Waals surface area contributed by atoms with Gasteiger partial charge in [-0.2, -0.15) is 4.57 Å². The van der Waals surface area contributed by atoms with Crippen molar-refractivity contribution in [2.75, 3.05) is 14.2 Å². The summed E-state index contributed by atoms with van der Waals surface area (Å²) in [6.07, 6.45) is -1.22. The quantitative estimate of drug-likeness (QED) is 0.296. The van der Waals surface area contributed by atoms with E-state index in [2.05, 4.69) is 9.47 Å². The molecule has 2 aromatic rings. The molecule has 1 aromatic heterocycles. The molecule has 1 fully saturated rings. The highest BCUT2D eigenvalue weighted by Crippen LogP contribution is 2.37. The highest BCUT2D eigenvalue weighted by Gasteiger charge is 2.46. The van der Waals surface area contributed by atoms with Crippen LogP contribution in [-0.4, -0.2) is 59.4 Å². The largest absolute Gasteiger partial charge is 0.468 e. The lowest BCUT2D eigenvalue weighted by atomic mass is 9.98. The van der Waals surface area contributed by atoms with Gasteiger partial charge in [0.15, 0.2) is 18.2 Å². The topological polar surface area (TPSA) is 149 Å². The highest BCUT2D eigenvalue weighted by atomic mass is 16.6. The Labute approximate surface area is 211 Å². The van der Waals surface area contributed by atoms with E-state index in [4.69, 9.17) is 9.47 Å². The normalized spacial score (nSPS) is 20.9. The summed E-state index contributed by atoms with van der Waals surface area (Å²) in [4.78, 5) is 77.4. The van der Waals surface area contributed by atoms with Crippen LogP contribution in [0.5, 0.6) is 0 Å². The van der Waals surface area contributed by atoms with E-state index >= 15 is 0 Å². The molecule has 1 saturated heterocycles. The number of hydrogen-bond acceptors (Lipinski definition) is 10. The third kappa shape index (κ3) is 5.24. The lowest BCUT2D eigenvalue weighted by molar-refractivity contribution is -0.154. The van der Waals surface area contributed by atoms with Gasteiger partial charge in [-0.05, 0) is 18.6 Å². The maximum Gasteiger partial charge on any atom is 0.340 e. The van der Waals surface area contributed by atoms with Crippen molar-refractivity contribution >= 4 is 23.8 Å². The Morgan fingerprint density at radius 1 is 1.03 bits per heavy atom. The molecule has 0 saturated carbocycles. The molecule has 12 heteroatoms. The first-order valence-electron chi connectivity index (χ1n) is 11.5. The van der Waals surface area contributed by atoms with Crippen LogP contribution in [0.15, 0.2) is 46.1 Å². The Morgan fingerprint density at radius 2 is 1.62 bits per heavy atom. The Hall–Kier alpha value is -4.06. The lowest BCUT2D eigenvalue weighted by Crippen LogP contribution is -2.49. The molecule has 1 aromatic carbocycles. The van der Waals surface area contributed by atoms with Crippen molar-refractivity contribution in [2.45, 2.75) is 51.5 Å². The summed E-state index contributed by atoms with van der Waals surface area (Å²) in [7, 11) is 2.01. The molecule has 1 unspecified atom stereocenters. The second-order valence-corrected chi connectivity index (χ2v) is 8.47. The molecule has 198 valence electrons. The molecule has 4 atom stereocenters. The van der Waals surface area contributed by atoms with Gasteiger partial charge in [0.1, 0.15) is 0 Å². The number of nitrogens with zero attached hydrogens (tertiary/aromatic N) is 2. The molecule has 3 rings (SSSR count). The molecule has 0 bridgehead atoms. The molecule has 0 spiro atoms. The fraction of sp³-hybridized carbons (Fsp3) is 0.440. The minimum absolute atomic E-state index is 0.00163. The number of carbonyl (C=O) groups is 4. The van der Waals surface area contributed by atoms with Crippen LogP contribution in [0.4, 0.5) is 0 Å². The number of carbonyl (C=O) groups excluding carboxylic acids is 4. The van der Waals surface area contributed by atoms with E-state index in [1.807, 2.05) is 6.92 Å². The van der Waals surface area contributed by atoms with Gasteiger partial charge in [-0.15, -0.1) is 0 Å². The first kappa shape index (κ1) is 27.5. The van der Waals surface area contributed by atoms with E-state index in [1.54, 1.807) is 13.0 Å². The van der Waals surface area contributed by atoms with Crippen molar-refractivity contribution < 1.29 is 38.1 Å². The first-order chi connectivity index (χ1) is 17.6. The van der Waals surface area contributed by atoms with Gasteiger partial charge < -0.3 is 18.9 Å². The summed E-state index contributed by atoms with van der Waals surface area (Å²) in [5.74, 6) is -6.19. The van der Waals surface area contributed by atoms with E-state index in [0.717, 1.165) is 25.0 Å². The summed E-state index contributed by atoms with van der Waals surface area (Å²) in [6, 6.07) is 7.51. The predicted molar refractivity (Wildman–Crippen MR) is 127 cm³/mol. The molecule has 0 radical (unpaired) electrons. The van der Waals surface area contributed by atoms with Crippen LogP contribution < -0.4 is 11.2 Å². The zero-order chi connectivity index (χ0) is 27.4. The van der Waals surface area contributed by atoms with E-state index in [-0.39, 0.29) is 11.5 Å². The van der Waals surface area contributed by atoms with Crippen LogP contribution in [0.1, 0.15) is 55.3 Å². The van der Waals surface area contributed by atoms with E-state index in [1.165, 1.54) is 31.2 Å². The average molecular weight is 517 g/mol. The molecular formula is C25H28N2O10. The molecule has 37 heavy (non-hydrogen) atoms. The molecule has 0 N–H and O–H groups in total. The number of esters is 3. The summed E-state index contributed by atoms with van der Waals surface area (Å²) in [5.41, 5.74) is -2.87. The zero-order valence-electron chi connectivity index (χ0n) is 21.0. The van der Waals surface area contributed by atoms with Crippen molar-refractivity contribution in [3.63, 3.8) is 0 Å². The molecule has 1 aliphatic heterocycles. The Kier molecular flexibility index (Phi) is 8.43. The maximum atomic E-state index is 13.6. The van der Waals surface area contributed by atoms with E-state index in [9.17, 15) is 28.8 Å². The number of rotatable bonds is 7. The van der Waals surface area contributed by atoms with Gasteiger partial charge in [0.2, 0.25) is 0 Å². The van der Waals surface area contributed by atoms with Crippen molar-refractivity contribution in [3.8, 4) is 0 Å². The fourth-order valence-corrected chi connectivity index (χ4v) is 4.35. The number of ether oxygens (including phenoxy) is 4. The third-order valence-electron chi connectivity index (χ3n) is 6.23. The molecule has 0 amide bonds. The van der Waals surface area contributed by atoms with Crippen LogP contribution in [-0.2, 0) is 33.3 Å². The molecule has 2 heterocycles. The monoisotopic (exact) mass is 516 g/mol. The standard InChI is InChI=1S/C25H28N2O10/c1-6-17-13(2)19(36-14(3)28)22(37-17)26-12-16(18(23(31)34-4)24(32)35-5)21(30)27(25(26)33)20(29)15-10-8-7-9-11-15/h7-13,17-19,22H,6H2,1-5H3/t13?,17-,19+,22-/m1/s1. The number of benzene rings is 1. The molecular weight excluding hydrogens is 488 g/mol. The van der Waals surface area contributed by atoms with Gasteiger partial charge in [-0.1, -0.05) is 32.0 Å². The molecule has 12 nitrogen and oxygen atoms in total. The van der Waals surface area contributed by atoms with Crippen LogP contribution >= 0.6 is 0 Å². The average Bonchev–Trinajstić information content (AvgIpc) is 3.19. The third-order valence-corrected chi connectivity index (χ3v) is 6.23. The summed E-state index contributed by atoms with van der Waals surface area (Å²) < 4.78 is 22.0. The molecule has 0 aliphatic carbocycles. The number of methoxy groups -OCH3 is 2. The second kappa shape index (κ2) is 11.3. The van der Waals surface area contributed by atoms with E-state index < -0.39 is 65.0 Å². The Morgan fingerprint density at radius 3 is 2.14 bits per heavy atom. The summed E-state index contributed by atoms with van der Waals surface area (Å²) in [5, 5.41) is 0. The summed E-state index contributed by atoms with van der Waals surface area (Å²) in [6.45, 7) is 4.80. The Balaban J connectivity index is 2.35. The van der Waals surface area contributed by atoms with Gasteiger partial charge in [-0.25, -0.2) is 4.79 Å².